The van der Waals surface area contributed by atoms with E-state index in [2.05, 4.69) is 3.63 Å². The van der Waals surface area contributed by atoms with Gasteiger partial charge in [0.2, 0.25) is 0 Å². The van der Waals surface area contributed by atoms with E-state index in [-0.39, 0.29) is 4.90 Å². The molecule has 2 aromatic carbocycles. The van der Waals surface area contributed by atoms with E-state index in [1.165, 1.54) is 12.1 Å². The van der Waals surface area contributed by atoms with Gasteiger partial charge in [-0.1, -0.05) is 11.6 Å². The van der Waals surface area contributed by atoms with Crippen LogP contribution in [0.5, 0.6) is 11.5 Å². The molecule has 0 saturated carbocycles. The molecule has 0 aliphatic rings. The van der Waals surface area contributed by atoms with E-state index in [1.54, 1.807) is 24.3 Å². The molecule has 2 rings (SSSR count). The van der Waals surface area contributed by atoms with Crippen molar-refractivity contribution in [2.24, 2.45) is 0 Å². The van der Waals surface area contributed by atoms with E-state index < -0.39 is 19.4 Å². The van der Waals surface area contributed by atoms with E-state index in [4.69, 9.17) is 27.0 Å². The largest absolute Gasteiger partial charge is 0.457 e. The standard InChI is InChI=1S/C12H8Cl2O6S2/c13-9-1-3-10(4-2-9)19-11-5-7-12(8-6-11)21(15,16)20-22(14,17)18/h1-8H. The predicted molar refractivity (Wildman–Crippen MR) is 81.0 cm³/mol. The van der Waals surface area contributed by atoms with Gasteiger partial charge in [0.05, 0.1) is 15.6 Å². The summed E-state index contributed by atoms with van der Waals surface area (Å²) < 4.78 is 53.9. The third kappa shape index (κ3) is 4.85. The third-order valence-corrected chi connectivity index (χ3v) is 5.26. The summed E-state index contributed by atoms with van der Waals surface area (Å²) in [4.78, 5) is -0.375. The van der Waals surface area contributed by atoms with Crippen LogP contribution in [-0.4, -0.2) is 16.8 Å². The van der Waals surface area contributed by atoms with Crippen LogP contribution in [-0.2, 0) is 23.1 Å². The topological polar surface area (TPSA) is 86.7 Å². The smallest absolute Gasteiger partial charge is 0.370 e. The van der Waals surface area contributed by atoms with Crippen molar-refractivity contribution in [3.8, 4) is 11.5 Å². The molecule has 0 radical (unpaired) electrons. The van der Waals surface area contributed by atoms with Crippen molar-refractivity contribution in [1.29, 1.82) is 0 Å². The van der Waals surface area contributed by atoms with Crippen LogP contribution in [0.4, 0.5) is 0 Å². The van der Waals surface area contributed by atoms with Crippen LogP contribution in [0.1, 0.15) is 0 Å². The van der Waals surface area contributed by atoms with Crippen LogP contribution in [0.2, 0.25) is 5.02 Å². The van der Waals surface area contributed by atoms with Gasteiger partial charge in [-0.3, -0.25) is 0 Å². The van der Waals surface area contributed by atoms with Crippen LogP contribution >= 0.6 is 22.3 Å². The number of hydrogen-bond acceptors (Lipinski definition) is 6. The number of hydrogen-bond donors (Lipinski definition) is 0. The van der Waals surface area contributed by atoms with Gasteiger partial charge in [0, 0.05) is 5.02 Å². The maximum absolute atomic E-state index is 11.6. The zero-order chi connectivity index (χ0) is 16.4. The molecule has 0 aliphatic heterocycles. The Kier molecular flexibility index (Phi) is 4.98. The molecule has 0 aliphatic carbocycles. The molecule has 0 aromatic heterocycles. The summed E-state index contributed by atoms with van der Waals surface area (Å²) in [5, 5.41) is 0.549. The molecule has 2 aromatic rings. The average Bonchev–Trinajstić information content (AvgIpc) is 2.39. The number of rotatable bonds is 5. The van der Waals surface area contributed by atoms with E-state index >= 15 is 0 Å². The Bertz CT molecular complexity index is 859. The Labute approximate surface area is 136 Å². The maximum atomic E-state index is 11.6. The highest BCUT2D eigenvalue weighted by atomic mass is 35.7. The van der Waals surface area contributed by atoms with Gasteiger partial charge in [0.1, 0.15) is 11.5 Å². The highest BCUT2D eigenvalue weighted by molar-refractivity contribution is 8.15. The fourth-order valence-electron chi connectivity index (χ4n) is 1.46. The molecule has 0 heterocycles. The lowest BCUT2D eigenvalue weighted by Crippen LogP contribution is -2.09. The molecule has 0 N–H and O–H groups in total. The number of ether oxygens (including phenoxy) is 1. The Hall–Kier alpha value is -1.32. The van der Waals surface area contributed by atoms with Crippen LogP contribution in [0.15, 0.2) is 53.4 Å². The first-order valence-electron chi connectivity index (χ1n) is 5.60. The Morgan fingerprint density at radius 3 is 1.68 bits per heavy atom. The molecule has 0 amide bonds. The summed E-state index contributed by atoms with van der Waals surface area (Å²) in [5.41, 5.74) is 0. The lowest BCUT2D eigenvalue weighted by atomic mass is 10.3. The van der Waals surface area contributed by atoms with Gasteiger partial charge in [0.25, 0.3) is 0 Å². The highest BCUT2D eigenvalue weighted by Crippen LogP contribution is 2.25. The van der Waals surface area contributed by atoms with Crippen LogP contribution < -0.4 is 4.74 Å². The maximum Gasteiger partial charge on any atom is 0.370 e. The second-order valence-corrected chi connectivity index (χ2v) is 8.22. The minimum absolute atomic E-state index is 0.343. The first-order valence-corrected chi connectivity index (χ1v) is 9.62. The molecule has 0 unspecified atom stereocenters. The van der Waals surface area contributed by atoms with E-state index in [0.717, 1.165) is 12.1 Å². The molecule has 0 bridgehead atoms. The molecule has 22 heavy (non-hydrogen) atoms. The zero-order valence-corrected chi connectivity index (χ0v) is 13.8. The van der Waals surface area contributed by atoms with Crippen LogP contribution in [0, 0.1) is 0 Å². The SMILES string of the molecule is O=S(=O)(Cl)OS(=O)(=O)c1ccc(Oc2ccc(Cl)cc2)cc1. The van der Waals surface area contributed by atoms with Crippen molar-refractivity contribution in [2.45, 2.75) is 4.90 Å². The summed E-state index contributed by atoms with van der Waals surface area (Å²) in [7, 11) is -4.40. The molecule has 0 fully saturated rings. The normalized spacial score (nSPS) is 12.1. The zero-order valence-electron chi connectivity index (χ0n) is 10.6. The number of halogens is 2. The van der Waals surface area contributed by atoms with Crippen molar-refractivity contribution < 1.29 is 25.2 Å². The summed E-state index contributed by atoms with van der Waals surface area (Å²) in [6, 6.07) is 11.5. The Balaban J connectivity index is 2.18. The van der Waals surface area contributed by atoms with Gasteiger partial charge < -0.3 is 4.74 Å². The van der Waals surface area contributed by atoms with Crippen LogP contribution in [0.25, 0.3) is 0 Å². The molecule has 0 atom stereocenters. The minimum atomic E-state index is -4.65. The molecule has 0 spiro atoms. The van der Waals surface area contributed by atoms with Crippen LogP contribution in [0.3, 0.4) is 0 Å². The minimum Gasteiger partial charge on any atom is -0.457 e. The van der Waals surface area contributed by atoms with Gasteiger partial charge in [-0.15, -0.1) is 3.63 Å². The van der Waals surface area contributed by atoms with Gasteiger partial charge >= 0.3 is 19.4 Å². The predicted octanol–water partition coefficient (Wildman–Crippen LogP) is 3.32. The second-order valence-electron chi connectivity index (χ2n) is 3.94. The number of benzene rings is 2. The molecule has 6 nitrogen and oxygen atoms in total. The Morgan fingerprint density at radius 2 is 1.23 bits per heavy atom. The monoisotopic (exact) mass is 382 g/mol. The average molecular weight is 383 g/mol. The summed E-state index contributed by atoms with van der Waals surface area (Å²) >= 11 is 5.74. The summed E-state index contributed by atoms with van der Waals surface area (Å²) in [5.74, 6) is 0.842. The lowest BCUT2D eigenvalue weighted by Gasteiger charge is -2.07. The van der Waals surface area contributed by atoms with Crippen molar-refractivity contribution in [2.75, 3.05) is 0 Å². The van der Waals surface area contributed by atoms with Gasteiger partial charge in [-0.25, -0.2) is 0 Å². The molecule has 0 saturated heterocycles. The summed E-state index contributed by atoms with van der Waals surface area (Å²) in [6.45, 7) is 0. The second kappa shape index (κ2) is 6.43. The molecule has 10 heteroatoms. The highest BCUT2D eigenvalue weighted by Gasteiger charge is 2.23. The first kappa shape index (κ1) is 17.0. The molecular weight excluding hydrogens is 375 g/mol. The fourth-order valence-corrected chi connectivity index (χ4v) is 3.83. The van der Waals surface area contributed by atoms with Gasteiger partial charge in [-0.05, 0) is 48.5 Å². The molecular formula is C12H8Cl2O6S2. The first-order chi connectivity index (χ1) is 10.2. The Morgan fingerprint density at radius 1 is 0.773 bits per heavy atom. The van der Waals surface area contributed by atoms with Crippen molar-refractivity contribution in [3.63, 3.8) is 0 Å². The third-order valence-electron chi connectivity index (χ3n) is 2.33. The van der Waals surface area contributed by atoms with Gasteiger partial charge in [-0.2, -0.15) is 16.8 Å². The molecule has 118 valence electrons. The fraction of sp³-hybridized carbons (Fsp3) is 0. The van der Waals surface area contributed by atoms with Crippen molar-refractivity contribution in [3.05, 3.63) is 53.6 Å². The van der Waals surface area contributed by atoms with E-state index in [9.17, 15) is 16.8 Å². The van der Waals surface area contributed by atoms with Gasteiger partial charge in [0.15, 0.2) is 0 Å². The van der Waals surface area contributed by atoms with Crippen molar-refractivity contribution >= 4 is 41.7 Å². The van der Waals surface area contributed by atoms with E-state index in [1.807, 2.05) is 0 Å². The summed E-state index contributed by atoms with van der Waals surface area (Å²) in [6.07, 6.45) is 0. The quantitative estimate of drug-likeness (QED) is 0.737. The van der Waals surface area contributed by atoms with E-state index in [0.29, 0.717) is 16.5 Å². The van der Waals surface area contributed by atoms with Crippen molar-refractivity contribution in [1.82, 2.24) is 0 Å². The lowest BCUT2D eigenvalue weighted by molar-refractivity contribution is 0.472.